The Hall–Kier alpha value is -3.92. The smallest absolute Gasteiger partial charge is 0.272 e. The Balaban J connectivity index is 1.28. The molecule has 0 spiro atoms. The lowest BCUT2D eigenvalue weighted by atomic mass is 10.0. The molecule has 4 heterocycles. The van der Waals surface area contributed by atoms with Crippen molar-refractivity contribution in [3.05, 3.63) is 87.3 Å². The first-order valence-electron chi connectivity index (χ1n) is 10.6. The Labute approximate surface area is 186 Å². The molecule has 2 aliphatic rings. The van der Waals surface area contributed by atoms with Gasteiger partial charge in [-0.15, -0.1) is 5.10 Å². The van der Waals surface area contributed by atoms with E-state index in [4.69, 9.17) is 4.74 Å². The van der Waals surface area contributed by atoms with Gasteiger partial charge < -0.3 is 9.64 Å². The third kappa shape index (κ3) is 3.30. The first-order chi connectivity index (χ1) is 16.1. The second kappa shape index (κ2) is 7.59. The average molecular weight is 446 g/mol. The molecule has 0 radical (unpaired) electrons. The number of hydrogen-bond acceptors (Lipinski definition) is 6. The van der Waals surface area contributed by atoms with Gasteiger partial charge in [0, 0.05) is 24.9 Å². The van der Waals surface area contributed by atoms with Gasteiger partial charge in [0.1, 0.15) is 5.82 Å². The molecule has 2 aromatic heterocycles. The van der Waals surface area contributed by atoms with Crippen LogP contribution in [0.1, 0.15) is 33.4 Å². The molecule has 0 saturated carbocycles. The molecule has 1 unspecified atom stereocenters. The fourth-order valence-corrected chi connectivity index (χ4v) is 4.68. The van der Waals surface area contributed by atoms with Crippen molar-refractivity contribution in [3.8, 4) is 0 Å². The molecule has 1 saturated heterocycles. The molecular weight excluding hydrogens is 427 g/mol. The van der Waals surface area contributed by atoms with Crippen molar-refractivity contribution in [1.82, 2.24) is 30.1 Å². The van der Waals surface area contributed by atoms with Gasteiger partial charge in [0.25, 0.3) is 11.5 Å². The number of halogens is 1. The van der Waals surface area contributed by atoms with Crippen LogP contribution in [-0.2, 0) is 17.8 Å². The maximum Gasteiger partial charge on any atom is 0.272 e. The molecule has 2 aliphatic heterocycles. The number of H-pyrrole nitrogens is 1. The fourth-order valence-electron chi connectivity index (χ4n) is 4.68. The molecule has 10 heteroatoms. The number of ether oxygens (including phenoxy) is 1. The number of rotatable bonds is 3. The molecule has 166 valence electrons. The average Bonchev–Trinajstić information content (AvgIpc) is 3.48. The Bertz CT molecular complexity index is 1450. The van der Waals surface area contributed by atoms with E-state index < -0.39 is 11.7 Å². The van der Waals surface area contributed by atoms with E-state index in [1.807, 2.05) is 12.1 Å². The second-order valence-electron chi connectivity index (χ2n) is 8.33. The van der Waals surface area contributed by atoms with Crippen LogP contribution in [0.2, 0.25) is 0 Å². The summed E-state index contributed by atoms with van der Waals surface area (Å²) in [6.07, 6.45) is 1.79. The molecule has 0 bridgehead atoms. The van der Waals surface area contributed by atoms with Crippen LogP contribution in [0.15, 0.2) is 53.5 Å². The highest BCUT2D eigenvalue weighted by molar-refractivity contribution is 5.95. The summed E-state index contributed by atoms with van der Waals surface area (Å²) in [4.78, 5) is 26.9. The number of carbonyl (C=O) groups is 1. The van der Waals surface area contributed by atoms with Crippen LogP contribution in [0.5, 0.6) is 0 Å². The van der Waals surface area contributed by atoms with Crippen molar-refractivity contribution in [2.24, 2.45) is 0 Å². The number of nitrogens with zero attached hydrogens (tertiary/aromatic N) is 5. The highest BCUT2D eigenvalue weighted by Gasteiger charge is 2.41. The maximum absolute atomic E-state index is 14.7. The van der Waals surface area contributed by atoms with Crippen LogP contribution in [-0.4, -0.2) is 55.2 Å². The molecule has 33 heavy (non-hydrogen) atoms. The van der Waals surface area contributed by atoms with Gasteiger partial charge in [-0.05, 0) is 23.8 Å². The van der Waals surface area contributed by atoms with E-state index in [0.717, 1.165) is 16.6 Å². The number of likely N-dealkylation sites (tertiary alicyclic amines) is 1. The predicted octanol–water partition coefficient (Wildman–Crippen LogP) is 1.84. The molecule has 1 N–H and O–H groups in total. The number of fused-ring (bicyclic) bond motifs is 4. The number of benzene rings is 2. The highest BCUT2D eigenvalue weighted by Crippen LogP contribution is 2.31. The first kappa shape index (κ1) is 19.7. The number of amides is 1. The van der Waals surface area contributed by atoms with Crippen LogP contribution in [0.4, 0.5) is 4.39 Å². The van der Waals surface area contributed by atoms with Gasteiger partial charge in [0.2, 0.25) is 0 Å². The molecule has 9 nitrogen and oxygen atoms in total. The van der Waals surface area contributed by atoms with Crippen molar-refractivity contribution in [3.63, 3.8) is 0 Å². The summed E-state index contributed by atoms with van der Waals surface area (Å²) in [5, 5.41) is 16.0. The maximum atomic E-state index is 14.7. The monoisotopic (exact) mass is 446 g/mol. The molecule has 1 amide bonds. The number of carbonyl (C=O) groups excluding carboxylic acids is 1. The van der Waals surface area contributed by atoms with Crippen LogP contribution in [0.25, 0.3) is 10.8 Å². The third-order valence-corrected chi connectivity index (χ3v) is 6.34. The Kier molecular flexibility index (Phi) is 4.54. The highest BCUT2D eigenvalue weighted by atomic mass is 19.1. The zero-order valence-corrected chi connectivity index (χ0v) is 17.4. The number of hydrogen-bond donors (Lipinski definition) is 1. The van der Waals surface area contributed by atoms with Crippen molar-refractivity contribution in [2.75, 3.05) is 13.1 Å². The standard InChI is InChI=1S/C23H19FN6O3/c24-18-6-5-13(8-19-15-3-1-2-4-16(15)22(31)27-26-19)7-17(18)23(32)29-10-20-21(11-29)33-12-14-9-25-28-30(14)20/h1-7,9,20-21H,8,10-12H2,(H,27,31)/t20-,21?/m1/s1. The summed E-state index contributed by atoms with van der Waals surface area (Å²) in [7, 11) is 0. The lowest BCUT2D eigenvalue weighted by molar-refractivity contribution is -0.00489. The quantitative estimate of drug-likeness (QED) is 0.515. The summed E-state index contributed by atoms with van der Waals surface area (Å²) < 4.78 is 22.4. The van der Waals surface area contributed by atoms with E-state index in [1.165, 1.54) is 6.07 Å². The summed E-state index contributed by atoms with van der Waals surface area (Å²) >= 11 is 0. The van der Waals surface area contributed by atoms with Crippen molar-refractivity contribution in [2.45, 2.75) is 25.2 Å². The van der Waals surface area contributed by atoms with Crippen LogP contribution in [0.3, 0.4) is 0 Å². The van der Waals surface area contributed by atoms with Crippen LogP contribution < -0.4 is 5.56 Å². The van der Waals surface area contributed by atoms with Gasteiger partial charge >= 0.3 is 0 Å². The minimum Gasteiger partial charge on any atom is -0.368 e. The normalized spacial score (nSPS) is 19.5. The van der Waals surface area contributed by atoms with Gasteiger partial charge in [-0.2, -0.15) is 5.10 Å². The van der Waals surface area contributed by atoms with Crippen LogP contribution >= 0.6 is 0 Å². The minimum atomic E-state index is -0.583. The van der Waals surface area contributed by atoms with Gasteiger partial charge in [-0.1, -0.05) is 29.5 Å². The fraction of sp³-hybridized carbons (Fsp3) is 0.261. The van der Waals surface area contributed by atoms with Gasteiger partial charge in [-0.25, -0.2) is 14.2 Å². The SMILES string of the molecule is O=C(c1cc(Cc2n[nH]c(=O)c3ccccc23)ccc1F)N1CC2OCc3cnnn3[C@@H]2C1. The van der Waals surface area contributed by atoms with Gasteiger partial charge in [0.05, 0.1) is 47.3 Å². The molecule has 2 aromatic carbocycles. The van der Waals surface area contributed by atoms with E-state index in [9.17, 15) is 14.0 Å². The molecule has 1 fully saturated rings. The van der Waals surface area contributed by atoms with Crippen molar-refractivity contribution < 1.29 is 13.9 Å². The summed E-state index contributed by atoms with van der Waals surface area (Å²) in [5.41, 5.74) is 1.96. The number of aromatic nitrogens is 5. The van der Waals surface area contributed by atoms with Crippen LogP contribution in [0, 0.1) is 5.82 Å². The molecule has 2 atom stereocenters. The third-order valence-electron chi connectivity index (χ3n) is 6.34. The largest absolute Gasteiger partial charge is 0.368 e. The lowest BCUT2D eigenvalue weighted by Gasteiger charge is -2.25. The molecule has 6 rings (SSSR count). The summed E-state index contributed by atoms with van der Waals surface area (Å²) in [5.74, 6) is -0.978. The van der Waals surface area contributed by atoms with E-state index in [-0.39, 0.29) is 23.3 Å². The lowest BCUT2D eigenvalue weighted by Crippen LogP contribution is -2.32. The van der Waals surface area contributed by atoms with E-state index in [2.05, 4.69) is 20.5 Å². The molecule has 0 aliphatic carbocycles. The topological polar surface area (TPSA) is 106 Å². The van der Waals surface area contributed by atoms with Crippen molar-refractivity contribution in [1.29, 1.82) is 0 Å². The molecule has 4 aromatic rings. The second-order valence-corrected chi connectivity index (χ2v) is 8.33. The first-order valence-corrected chi connectivity index (χ1v) is 10.6. The minimum absolute atomic E-state index is 0.00121. The Morgan fingerprint density at radius 2 is 2.03 bits per heavy atom. The van der Waals surface area contributed by atoms with E-state index in [1.54, 1.807) is 40.0 Å². The van der Waals surface area contributed by atoms with E-state index >= 15 is 0 Å². The number of nitrogens with one attached hydrogen (secondary N) is 1. The Morgan fingerprint density at radius 3 is 2.91 bits per heavy atom. The van der Waals surface area contributed by atoms with E-state index in [0.29, 0.717) is 37.2 Å². The van der Waals surface area contributed by atoms with Gasteiger partial charge in [0.15, 0.2) is 0 Å². The zero-order chi connectivity index (χ0) is 22.5. The zero-order valence-electron chi connectivity index (χ0n) is 17.4. The predicted molar refractivity (Wildman–Crippen MR) is 115 cm³/mol. The van der Waals surface area contributed by atoms with Crippen molar-refractivity contribution >= 4 is 16.7 Å². The number of aromatic amines is 1. The molecular formula is C23H19FN6O3. The summed E-state index contributed by atoms with van der Waals surface area (Å²) in [6.45, 7) is 1.12. The van der Waals surface area contributed by atoms with Gasteiger partial charge in [-0.3, -0.25) is 9.59 Å². The summed E-state index contributed by atoms with van der Waals surface area (Å²) in [6, 6.07) is 11.5. The Morgan fingerprint density at radius 1 is 1.18 bits per heavy atom.